The Bertz CT molecular complexity index is 961. The van der Waals surface area contributed by atoms with Gasteiger partial charge >= 0.3 is 0 Å². The van der Waals surface area contributed by atoms with Crippen LogP contribution in [0.5, 0.6) is 0 Å². The second-order valence-corrected chi connectivity index (χ2v) is 9.46. The van der Waals surface area contributed by atoms with Crippen molar-refractivity contribution in [3.05, 3.63) is 52.5 Å². The summed E-state index contributed by atoms with van der Waals surface area (Å²) < 4.78 is 0. The maximum atomic E-state index is 13.0. The Kier molecular flexibility index (Phi) is 6.74. The molecule has 1 aliphatic rings. The number of para-hydroxylation sites is 2. The van der Waals surface area contributed by atoms with E-state index in [0.29, 0.717) is 25.9 Å². The van der Waals surface area contributed by atoms with Crippen LogP contribution >= 0.6 is 23.1 Å². The summed E-state index contributed by atoms with van der Waals surface area (Å²) in [6, 6.07) is 11.5. The van der Waals surface area contributed by atoms with Gasteiger partial charge in [-0.1, -0.05) is 18.2 Å². The number of thioether (sulfide) groups is 1. The molecule has 30 heavy (non-hydrogen) atoms. The molecule has 4 rings (SSSR count). The molecule has 1 fully saturated rings. The van der Waals surface area contributed by atoms with Crippen molar-refractivity contribution in [3.8, 4) is 0 Å². The van der Waals surface area contributed by atoms with Gasteiger partial charge in [-0.2, -0.15) is 11.8 Å². The van der Waals surface area contributed by atoms with Crippen LogP contribution in [0.4, 0.5) is 0 Å². The SMILES string of the molecule is CSCC[C@H](NC(=O)C1CCN(C(=O)c2cccs2)CC1)c1nc2ccccc2[nH]1. The Balaban J connectivity index is 1.38. The highest BCUT2D eigenvalue weighted by Crippen LogP contribution is 2.24. The van der Waals surface area contributed by atoms with E-state index < -0.39 is 0 Å². The van der Waals surface area contributed by atoms with Gasteiger partial charge in [0.05, 0.1) is 22.0 Å². The van der Waals surface area contributed by atoms with Gasteiger partial charge in [0.1, 0.15) is 5.82 Å². The van der Waals surface area contributed by atoms with Crippen LogP contribution in [0, 0.1) is 5.92 Å². The molecule has 6 nitrogen and oxygen atoms in total. The lowest BCUT2D eigenvalue weighted by Gasteiger charge is -2.31. The third-order valence-electron chi connectivity index (χ3n) is 5.55. The molecule has 0 spiro atoms. The van der Waals surface area contributed by atoms with Crippen molar-refractivity contribution in [2.45, 2.75) is 25.3 Å². The number of likely N-dealkylation sites (tertiary alicyclic amines) is 1. The number of benzene rings is 1. The van der Waals surface area contributed by atoms with Crippen molar-refractivity contribution in [1.82, 2.24) is 20.2 Å². The van der Waals surface area contributed by atoms with Gasteiger partial charge in [0.25, 0.3) is 5.91 Å². The molecule has 0 saturated carbocycles. The summed E-state index contributed by atoms with van der Waals surface area (Å²) in [6.45, 7) is 1.24. The van der Waals surface area contributed by atoms with Crippen molar-refractivity contribution < 1.29 is 9.59 Å². The molecule has 0 bridgehead atoms. The van der Waals surface area contributed by atoms with E-state index in [1.54, 1.807) is 11.8 Å². The molecule has 1 saturated heterocycles. The van der Waals surface area contributed by atoms with E-state index in [1.165, 1.54) is 11.3 Å². The maximum Gasteiger partial charge on any atom is 0.263 e. The van der Waals surface area contributed by atoms with Crippen molar-refractivity contribution in [3.63, 3.8) is 0 Å². The molecule has 1 aromatic carbocycles. The minimum absolute atomic E-state index is 0.0600. The number of amides is 2. The van der Waals surface area contributed by atoms with Gasteiger partial charge in [0, 0.05) is 19.0 Å². The fourth-order valence-corrected chi connectivity index (χ4v) is 5.00. The van der Waals surface area contributed by atoms with E-state index >= 15 is 0 Å². The fraction of sp³-hybridized carbons (Fsp3) is 0.409. The molecule has 0 radical (unpaired) electrons. The number of carbonyl (C=O) groups is 2. The van der Waals surface area contributed by atoms with E-state index in [0.717, 1.165) is 33.9 Å². The van der Waals surface area contributed by atoms with Crippen LogP contribution in [-0.2, 0) is 4.79 Å². The number of nitrogens with one attached hydrogen (secondary N) is 2. The van der Waals surface area contributed by atoms with E-state index in [4.69, 9.17) is 4.98 Å². The van der Waals surface area contributed by atoms with Gasteiger partial charge in [-0.25, -0.2) is 4.98 Å². The van der Waals surface area contributed by atoms with Gasteiger partial charge in [-0.15, -0.1) is 11.3 Å². The Morgan fingerprint density at radius 2 is 2.07 bits per heavy atom. The van der Waals surface area contributed by atoms with E-state index in [-0.39, 0.29) is 23.8 Å². The highest BCUT2D eigenvalue weighted by atomic mass is 32.2. The van der Waals surface area contributed by atoms with Crippen molar-refractivity contribution >= 4 is 45.9 Å². The number of aromatic amines is 1. The number of fused-ring (bicyclic) bond motifs is 1. The zero-order valence-electron chi connectivity index (χ0n) is 17.0. The van der Waals surface area contributed by atoms with Crippen molar-refractivity contribution in [2.24, 2.45) is 5.92 Å². The predicted molar refractivity (Wildman–Crippen MR) is 123 cm³/mol. The molecule has 158 valence electrons. The van der Waals surface area contributed by atoms with Gasteiger partial charge < -0.3 is 15.2 Å². The quantitative estimate of drug-likeness (QED) is 0.578. The zero-order chi connectivity index (χ0) is 20.9. The van der Waals surface area contributed by atoms with Gasteiger partial charge in [-0.05, 0) is 54.9 Å². The van der Waals surface area contributed by atoms with Gasteiger partial charge in [0.15, 0.2) is 0 Å². The van der Waals surface area contributed by atoms with Crippen LogP contribution in [0.2, 0.25) is 0 Å². The second kappa shape index (κ2) is 9.66. The lowest BCUT2D eigenvalue weighted by molar-refractivity contribution is -0.127. The molecule has 2 amide bonds. The van der Waals surface area contributed by atoms with Crippen molar-refractivity contribution in [1.29, 1.82) is 0 Å². The summed E-state index contributed by atoms with van der Waals surface area (Å²) in [6.07, 6.45) is 4.27. The Morgan fingerprint density at radius 1 is 1.27 bits per heavy atom. The molecule has 8 heteroatoms. The largest absolute Gasteiger partial charge is 0.346 e. The number of piperidine rings is 1. The minimum Gasteiger partial charge on any atom is -0.346 e. The number of imidazole rings is 1. The van der Waals surface area contributed by atoms with E-state index in [1.807, 2.05) is 46.7 Å². The smallest absolute Gasteiger partial charge is 0.263 e. The predicted octanol–water partition coefficient (Wildman–Crippen LogP) is 4.09. The molecule has 0 unspecified atom stereocenters. The number of thiophene rings is 1. The highest BCUT2D eigenvalue weighted by Gasteiger charge is 2.30. The number of H-pyrrole nitrogens is 1. The van der Waals surface area contributed by atoms with Crippen LogP contribution in [0.3, 0.4) is 0 Å². The molecule has 1 atom stereocenters. The molecular formula is C22H26N4O2S2. The maximum absolute atomic E-state index is 13.0. The lowest BCUT2D eigenvalue weighted by Crippen LogP contribution is -2.43. The summed E-state index contributed by atoms with van der Waals surface area (Å²) in [5, 5.41) is 5.14. The third kappa shape index (κ3) is 4.70. The molecule has 2 N–H and O–H groups in total. The minimum atomic E-state index is -0.136. The Labute approximate surface area is 184 Å². The standard InChI is InChI=1S/C22H26N4O2S2/c1-29-14-10-18(20-23-16-5-2-3-6-17(16)24-20)25-21(27)15-8-11-26(12-9-15)22(28)19-7-4-13-30-19/h2-7,13,15,18H,8-12,14H2,1H3,(H,23,24)(H,25,27)/t18-/m0/s1. The molecule has 3 aromatic rings. The number of rotatable bonds is 7. The summed E-state index contributed by atoms with van der Waals surface area (Å²) in [5.41, 5.74) is 1.90. The monoisotopic (exact) mass is 442 g/mol. The molecular weight excluding hydrogens is 416 g/mol. The number of nitrogens with zero attached hydrogens (tertiary/aromatic N) is 2. The topological polar surface area (TPSA) is 78.1 Å². The van der Waals surface area contributed by atoms with Crippen molar-refractivity contribution in [2.75, 3.05) is 25.1 Å². The summed E-state index contributed by atoms with van der Waals surface area (Å²) in [7, 11) is 0. The first-order valence-electron chi connectivity index (χ1n) is 10.2. The van der Waals surface area contributed by atoms with E-state index in [9.17, 15) is 9.59 Å². The normalized spacial score (nSPS) is 16.0. The average Bonchev–Trinajstić information content (AvgIpc) is 3.46. The summed E-state index contributed by atoms with van der Waals surface area (Å²) in [4.78, 5) is 36.2. The van der Waals surface area contributed by atoms with Gasteiger partial charge in [-0.3, -0.25) is 9.59 Å². The second-order valence-electron chi connectivity index (χ2n) is 7.53. The molecule has 3 heterocycles. The van der Waals surface area contributed by atoms with Crippen LogP contribution in [0.1, 0.15) is 40.8 Å². The number of aromatic nitrogens is 2. The molecule has 2 aromatic heterocycles. The van der Waals surface area contributed by atoms with Crippen LogP contribution in [0.25, 0.3) is 11.0 Å². The summed E-state index contributed by atoms with van der Waals surface area (Å²) >= 11 is 3.22. The fourth-order valence-electron chi connectivity index (χ4n) is 3.84. The average molecular weight is 443 g/mol. The Morgan fingerprint density at radius 3 is 2.77 bits per heavy atom. The van der Waals surface area contributed by atoms with Crippen LogP contribution < -0.4 is 5.32 Å². The van der Waals surface area contributed by atoms with Crippen LogP contribution in [-0.4, -0.2) is 51.8 Å². The molecule has 0 aliphatic carbocycles. The van der Waals surface area contributed by atoms with Gasteiger partial charge in [0.2, 0.25) is 5.91 Å². The highest BCUT2D eigenvalue weighted by molar-refractivity contribution is 7.98. The van der Waals surface area contributed by atoms with E-state index in [2.05, 4.69) is 16.6 Å². The van der Waals surface area contributed by atoms with Crippen LogP contribution in [0.15, 0.2) is 41.8 Å². The number of hydrogen-bond donors (Lipinski definition) is 2. The molecule has 1 aliphatic heterocycles. The third-order valence-corrected chi connectivity index (χ3v) is 7.05. The first kappa shape index (κ1) is 20.9. The zero-order valence-corrected chi connectivity index (χ0v) is 18.6. The first-order valence-corrected chi connectivity index (χ1v) is 12.5. The first-order chi connectivity index (χ1) is 14.7. The summed E-state index contributed by atoms with van der Waals surface area (Å²) in [5.74, 6) is 1.81. The lowest BCUT2D eigenvalue weighted by atomic mass is 9.95. The number of hydrogen-bond acceptors (Lipinski definition) is 5. The Hall–Kier alpha value is -2.32. The number of carbonyl (C=O) groups excluding carboxylic acids is 2.